The first-order chi connectivity index (χ1) is 11.0. The molecule has 0 unspecified atom stereocenters. The van der Waals surface area contributed by atoms with Gasteiger partial charge in [-0.2, -0.15) is 0 Å². The van der Waals surface area contributed by atoms with Crippen molar-refractivity contribution in [1.82, 2.24) is 5.32 Å². The molecule has 0 bridgehead atoms. The molecule has 23 heavy (non-hydrogen) atoms. The van der Waals surface area contributed by atoms with Crippen molar-refractivity contribution in [2.24, 2.45) is 4.99 Å². The number of rotatable bonds is 4. The van der Waals surface area contributed by atoms with Crippen LogP contribution in [-0.2, 0) is 9.53 Å². The summed E-state index contributed by atoms with van der Waals surface area (Å²) < 4.78 is 10.3. The molecule has 0 saturated carbocycles. The molecule has 0 aliphatic carbocycles. The molecular weight excluding hydrogens is 316 g/mol. The van der Waals surface area contributed by atoms with Crippen LogP contribution in [0.2, 0.25) is 0 Å². The fraction of sp³-hybridized carbons (Fsp3) is 0.375. The minimum Gasteiger partial charge on any atom is -0.504 e. The number of allylic oxidation sites excluding steroid dienone is 1. The van der Waals surface area contributed by atoms with Crippen molar-refractivity contribution >= 4 is 22.9 Å². The lowest BCUT2D eigenvalue weighted by Gasteiger charge is -2.25. The molecule has 2 rings (SSSR count). The highest BCUT2D eigenvalue weighted by Gasteiger charge is 2.30. The molecule has 0 amide bonds. The molecule has 0 saturated heterocycles. The molecule has 0 fully saturated rings. The zero-order chi connectivity index (χ0) is 17.0. The first kappa shape index (κ1) is 17.2. The number of nitrogens with one attached hydrogen (secondary N) is 1. The minimum atomic E-state index is -0.507. The Kier molecular flexibility index (Phi) is 5.54. The number of amidine groups is 1. The summed E-state index contributed by atoms with van der Waals surface area (Å²) in [4.78, 5) is 16.9. The van der Waals surface area contributed by atoms with Gasteiger partial charge in [0.25, 0.3) is 0 Å². The van der Waals surface area contributed by atoms with E-state index in [1.165, 1.54) is 24.9 Å². The van der Waals surface area contributed by atoms with Crippen molar-refractivity contribution in [3.05, 3.63) is 35.0 Å². The van der Waals surface area contributed by atoms with E-state index in [1.807, 2.05) is 13.2 Å². The van der Waals surface area contributed by atoms with Gasteiger partial charge in [-0.15, -0.1) is 0 Å². The van der Waals surface area contributed by atoms with E-state index in [1.54, 1.807) is 19.1 Å². The Morgan fingerprint density at radius 3 is 2.83 bits per heavy atom. The van der Waals surface area contributed by atoms with Crippen LogP contribution in [0.5, 0.6) is 11.5 Å². The molecule has 7 heteroatoms. The first-order valence-corrected chi connectivity index (χ1v) is 8.37. The Labute approximate surface area is 139 Å². The number of hydrogen-bond acceptors (Lipinski definition) is 7. The van der Waals surface area contributed by atoms with E-state index in [9.17, 15) is 9.90 Å². The van der Waals surface area contributed by atoms with Crippen LogP contribution in [0.15, 0.2) is 34.5 Å². The number of phenols is 1. The fourth-order valence-electron chi connectivity index (χ4n) is 2.33. The number of aromatic hydroxyl groups is 1. The summed E-state index contributed by atoms with van der Waals surface area (Å²) in [5.74, 6) is -0.0288. The maximum absolute atomic E-state index is 12.3. The molecule has 0 radical (unpaired) electrons. The zero-order valence-corrected chi connectivity index (χ0v) is 14.4. The molecule has 6 nitrogen and oxygen atoms in total. The van der Waals surface area contributed by atoms with Crippen molar-refractivity contribution in [3.63, 3.8) is 0 Å². The van der Waals surface area contributed by atoms with Crippen molar-refractivity contribution in [1.29, 1.82) is 0 Å². The third-order valence-electron chi connectivity index (χ3n) is 3.43. The Balaban J connectivity index is 2.51. The predicted molar refractivity (Wildman–Crippen MR) is 90.8 cm³/mol. The van der Waals surface area contributed by atoms with Gasteiger partial charge in [-0.05, 0) is 37.8 Å². The van der Waals surface area contributed by atoms with Crippen LogP contribution in [0.25, 0.3) is 0 Å². The number of carbonyl (C=O) groups is 1. The van der Waals surface area contributed by atoms with E-state index < -0.39 is 12.0 Å². The Morgan fingerprint density at radius 1 is 1.48 bits per heavy atom. The molecule has 1 aromatic rings. The minimum absolute atomic E-state index is 0.0395. The molecule has 1 aromatic carbocycles. The molecule has 1 heterocycles. The number of methoxy groups -OCH3 is 1. The number of thioether (sulfide) groups is 1. The maximum atomic E-state index is 12.3. The molecule has 1 atom stereocenters. The van der Waals surface area contributed by atoms with Crippen LogP contribution >= 0.6 is 11.8 Å². The normalized spacial score (nSPS) is 17.4. The van der Waals surface area contributed by atoms with Gasteiger partial charge in [0.15, 0.2) is 16.7 Å². The summed E-state index contributed by atoms with van der Waals surface area (Å²) in [6, 6.07) is 4.43. The van der Waals surface area contributed by atoms with Gasteiger partial charge in [0.05, 0.1) is 19.3 Å². The Bertz CT molecular complexity index is 670. The number of ether oxygens (including phenoxy) is 2. The van der Waals surface area contributed by atoms with Gasteiger partial charge in [0, 0.05) is 5.70 Å². The maximum Gasteiger partial charge on any atom is 0.338 e. The second-order valence-corrected chi connectivity index (χ2v) is 5.65. The van der Waals surface area contributed by atoms with Crippen LogP contribution in [0.3, 0.4) is 0 Å². The summed E-state index contributed by atoms with van der Waals surface area (Å²) in [6.07, 6.45) is 1.91. The summed E-state index contributed by atoms with van der Waals surface area (Å²) in [7, 11) is 1.48. The highest BCUT2D eigenvalue weighted by atomic mass is 32.2. The number of esters is 1. The van der Waals surface area contributed by atoms with E-state index in [0.29, 0.717) is 28.8 Å². The number of benzene rings is 1. The van der Waals surface area contributed by atoms with Crippen molar-refractivity contribution in [2.45, 2.75) is 19.9 Å². The number of carbonyl (C=O) groups excluding carboxylic acids is 1. The van der Waals surface area contributed by atoms with Gasteiger partial charge in [-0.3, -0.25) is 0 Å². The third-order valence-corrected chi connectivity index (χ3v) is 4.02. The molecule has 1 aliphatic rings. The van der Waals surface area contributed by atoms with Gasteiger partial charge in [0.2, 0.25) is 0 Å². The lowest BCUT2D eigenvalue weighted by atomic mass is 9.96. The van der Waals surface area contributed by atoms with Gasteiger partial charge < -0.3 is 19.9 Å². The average molecular weight is 336 g/mol. The molecule has 2 N–H and O–H groups in total. The highest BCUT2D eigenvalue weighted by Crippen LogP contribution is 2.36. The Morgan fingerprint density at radius 2 is 2.22 bits per heavy atom. The van der Waals surface area contributed by atoms with E-state index in [0.717, 1.165) is 5.56 Å². The summed E-state index contributed by atoms with van der Waals surface area (Å²) in [6.45, 7) is 3.88. The second kappa shape index (κ2) is 7.41. The van der Waals surface area contributed by atoms with E-state index in [2.05, 4.69) is 10.3 Å². The standard InChI is InChI=1S/C16H20N2O4S/c1-5-22-15(20)13-9(2)17-16(23-4)18-14(13)10-6-7-11(19)12(8-10)21-3/h6-8,14,19H,5H2,1-4H3,(H,17,18)/t14-/m1/s1. The number of nitrogens with zero attached hydrogens (tertiary/aromatic N) is 1. The highest BCUT2D eigenvalue weighted by molar-refractivity contribution is 8.13. The lowest BCUT2D eigenvalue weighted by Crippen LogP contribution is -2.30. The van der Waals surface area contributed by atoms with Crippen molar-refractivity contribution < 1.29 is 19.4 Å². The topological polar surface area (TPSA) is 80.2 Å². The van der Waals surface area contributed by atoms with E-state index >= 15 is 0 Å². The van der Waals surface area contributed by atoms with Gasteiger partial charge in [0.1, 0.15) is 6.04 Å². The molecule has 124 valence electrons. The largest absolute Gasteiger partial charge is 0.504 e. The number of hydrogen-bond donors (Lipinski definition) is 2. The monoisotopic (exact) mass is 336 g/mol. The lowest BCUT2D eigenvalue weighted by molar-refractivity contribution is -0.138. The van der Waals surface area contributed by atoms with Gasteiger partial charge in [-0.1, -0.05) is 17.8 Å². The third kappa shape index (κ3) is 3.61. The zero-order valence-electron chi connectivity index (χ0n) is 13.5. The number of aliphatic imine (C=N–C) groups is 1. The van der Waals surface area contributed by atoms with Crippen LogP contribution in [-0.4, -0.2) is 36.2 Å². The van der Waals surface area contributed by atoms with Crippen LogP contribution in [0.1, 0.15) is 25.5 Å². The summed E-state index contributed by atoms with van der Waals surface area (Å²) >= 11 is 1.46. The number of phenolic OH excluding ortho intramolecular Hbond substituents is 1. The smallest absolute Gasteiger partial charge is 0.338 e. The van der Waals surface area contributed by atoms with E-state index in [-0.39, 0.29) is 5.75 Å². The van der Waals surface area contributed by atoms with Crippen LogP contribution < -0.4 is 10.1 Å². The van der Waals surface area contributed by atoms with Crippen molar-refractivity contribution in [3.8, 4) is 11.5 Å². The summed E-state index contributed by atoms with van der Waals surface area (Å²) in [5.41, 5.74) is 1.91. The van der Waals surface area contributed by atoms with E-state index in [4.69, 9.17) is 9.47 Å². The van der Waals surface area contributed by atoms with Crippen LogP contribution in [0.4, 0.5) is 0 Å². The van der Waals surface area contributed by atoms with Crippen LogP contribution in [0, 0.1) is 0 Å². The molecule has 1 aliphatic heterocycles. The predicted octanol–water partition coefficient (Wildman–Crippen LogP) is 2.60. The Hall–Kier alpha value is -2.15. The molecule has 0 aromatic heterocycles. The fourth-order valence-corrected chi connectivity index (χ4v) is 2.80. The summed E-state index contributed by atoms with van der Waals surface area (Å²) in [5, 5.41) is 13.6. The average Bonchev–Trinajstić information content (AvgIpc) is 2.54. The second-order valence-electron chi connectivity index (χ2n) is 4.86. The molecule has 0 spiro atoms. The van der Waals surface area contributed by atoms with Gasteiger partial charge >= 0.3 is 5.97 Å². The van der Waals surface area contributed by atoms with Crippen molar-refractivity contribution in [2.75, 3.05) is 20.0 Å². The van der Waals surface area contributed by atoms with Gasteiger partial charge in [-0.25, -0.2) is 9.79 Å². The SMILES string of the molecule is CCOC(=O)C1=C(C)NC(SC)=N[C@@H]1c1ccc(O)c(OC)c1. The first-order valence-electron chi connectivity index (χ1n) is 7.15. The quantitative estimate of drug-likeness (QED) is 0.823. The molecular formula is C16H20N2O4S.